The molecule has 0 saturated carbocycles. The zero-order valence-corrected chi connectivity index (χ0v) is 10.0. The number of benzene rings is 1. The number of rotatable bonds is 2. The highest BCUT2D eigenvalue weighted by molar-refractivity contribution is 6.44. The molecule has 1 rings (SSSR count). The zero-order chi connectivity index (χ0) is 12.5. The van der Waals surface area contributed by atoms with Crippen LogP contribution >= 0.6 is 23.2 Å². The van der Waals surface area contributed by atoms with Crippen molar-refractivity contribution in [2.24, 2.45) is 0 Å². The van der Waals surface area contributed by atoms with Gasteiger partial charge in [0.25, 0.3) is 11.6 Å². The van der Waals surface area contributed by atoms with Crippen LogP contribution in [0.5, 0.6) is 0 Å². The predicted octanol–water partition coefficient (Wildman–Crippen LogP) is 2.60. The van der Waals surface area contributed by atoms with Crippen LogP contribution in [0.2, 0.25) is 10.0 Å². The summed E-state index contributed by atoms with van der Waals surface area (Å²) in [5.74, 6) is -0.435. The standard InChI is InChI=1S/C9H8Cl2N2O3/c1-12(2)9(14)6-3-5(13(15)16)4-7(10)8(6)11/h3-4H,1-2H3. The molecule has 16 heavy (non-hydrogen) atoms. The van der Waals surface area contributed by atoms with Crippen LogP contribution in [-0.4, -0.2) is 29.8 Å². The Morgan fingerprint density at radius 3 is 2.38 bits per heavy atom. The Morgan fingerprint density at radius 2 is 1.94 bits per heavy atom. The van der Waals surface area contributed by atoms with E-state index in [2.05, 4.69) is 0 Å². The van der Waals surface area contributed by atoms with Crippen molar-refractivity contribution in [1.82, 2.24) is 4.90 Å². The fourth-order valence-electron chi connectivity index (χ4n) is 1.08. The van der Waals surface area contributed by atoms with Crippen LogP contribution in [-0.2, 0) is 0 Å². The van der Waals surface area contributed by atoms with Crippen molar-refractivity contribution in [2.75, 3.05) is 14.1 Å². The van der Waals surface area contributed by atoms with E-state index in [9.17, 15) is 14.9 Å². The minimum atomic E-state index is -0.630. The number of non-ortho nitro benzene ring substituents is 1. The van der Waals surface area contributed by atoms with Crippen LogP contribution in [0.4, 0.5) is 5.69 Å². The maximum atomic E-state index is 11.7. The molecule has 0 aliphatic carbocycles. The molecule has 0 spiro atoms. The van der Waals surface area contributed by atoms with E-state index in [1.54, 1.807) is 0 Å². The molecule has 1 amide bonds. The van der Waals surface area contributed by atoms with E-state index in [0.717, 1.165) is 12.1 Å². The SMILES string of the molecule is CN(C)C(=O)c1cc([N+](=O)[O-])cc(Cl)c1Cl. The first-order valence-electron chi connectivity index (χ1n) is 4.19. The molecule has 0 aliphatic heterocycles. The summed E-state index contributed by atoms with van der Waals surface area (Å²) < 4.78 is 0. The highest BCUT2D eigenvalue weighted by Crippen LogP contribution is 2.31. The Bertz CT molecular complexity index is 460. The van der Waals surface area contributed by atoms with Crippen LogP contribution in [0, 0.1) is 10.1 Å². The van der Waals surface area contributed by atoms with E-state index in [1.807, 2.05) is 0 Å². The van der Waals surface area contributed by atoms with Gasteiger partial charge in [-0.2, -0.15) is 0 Å². The highest BCUT2D eigenvalue weighted by atomic mass is 35.5. The van der Waals surface area contributed by atoms with Crippen LogP contribution in [0.15, 0.2) is 12.1 Å². The van der Waals surface area contributed by atoms with Gasteiger partial charge >= 0.3 is 0 Å². The third-order valence-corrected chi connectivity index (χ3v) is 2.66. The van der Waals surface area contributed by atoms with E-state index in [-0.39, 0.29) is 21.3 Å². The molecule has 5 nitrogen and oxygen atoms in total. The fraction of sp³-hybridized carbons (Fsp3) is 0.222. The van der Waals surface area contributed by atoms with Gasteiger partial charge in [0.1, 0.15) is 0 Å². The molecular weight excluding hydrogens is 255 g/mol. The number of carbonyl (C=O) groups excluding carboxylic acids is 1. The minimum Gasteiger partial charge on any atom is -0.345 e. The summed E-state index contributed by atoms with van der Waals surface area (Å²) in [6.07, 6.45) is 0. The predicted molar refractivity (Wildman–Crippen MR) is 61.1 cm³/mol. The molecule has 0 unspecified atom stereocenters. The molecule has 0 radical (unpaired) electrons. The summed E-state index contributed by atoms with van der Waals surface area (Å²) in [5, 5.41) is 10.6. The molecule has 0 fully saturated rings. The van der Waals surface area contributed by atoms with Gasteiger partial charge in [0.05, 0.1) is 20.5 Å². The molecular formula is C9H8Cl2N2O3. The van der Waals surface area contributed by atoms with Gasteiger partial charge in [0.2, 0.25) is 0 Å². The number of hydrogen-bond donors (Lipinski definition) is 0. The second-order valence-corrected chi connectivity index (χ2v) is 4.03. The Hall–Kier alpha value is -1.33. The number of amides is 1. The maximum Gasteiger partial charge on any atom is 0.271 e. The number of nitro benzene ring substituents is 1. The largest absolute Gasteiger partial charge is 0.345 e. The Balaban J connectivity index is 3.38. The van der Waals surface area contributed by atoms with Gasteiger partial charge < -0.3 is 4.90 Å². The summed E-state index contributed by atoms with van der Waals surface area (Å²) in [4.78, 5) is 22.9. The molecule has 0 bridgehead atoms. The average molecular weight is 263 g/mol. The van der Waals surface area contributed by atoms with E-state index in [4.69, 9.17) is 23.2 Å². The molecule has 1 aromatic carbocycles. The third kappa shape index (κ3) is 2.43. The summed E-state index contributed by atoms with van der Waals surface area (Å²) in [5.41, 5.74) is -0.245. The molecule has 0 N–H and O–H groups in total. The van der Waals surface area contributed by atoms with Crippen molar-refractivity contribution in [3.8, 4) is 0 Å². The summed E-state index contributed by atoms with van der Waals surface area (Å²) >= 11 is 11.5. The van der Waals surface area contributed by atoms with Gasteiger partial charge in [0.15, 0.2) is 0 Å². The van der Waals surface area contributed by atoms with Crippen molar-refractivity contribution >= 4 is 34.8 Å². The number of halogens is 2. The second-order valence-electron chi connectivity index (χ2n) is 3.25. The molecule has 1 aromatic rings. The lowest BCUT2D eigenvalue weighted by atomic mass is 10.2. The first kappa shape index (κ1) is 12.7. The Kier molecular flexibility index (Phi) is 3.72. The first-order chi connectivity index (χ1) is 7.34. The molecule has 86 valence electrons. The van der Waals surface area contributed by atoms with E-state index < -0.39 is 10.8 Å². The molecule has 7 heteroatoms. The average Bonchev–Trinajstić information content (AvgIpc) is 2.20. The number of hydrogen-bond acceptors (Lipinski definition) is 3. The van der Waals surface area contributed by atoms with Gasteiger partial charge in [-0.1, -0.05) is 23.2 Å². The summed E-state index contributed by atoms with van der Waals surface area (Å²) in [6.45, 7) is 0. The smallest absolute Gasteiger partial charge is 0.271 e. The Labute approximate surface area is 102 Å². The molecule has 0 saturated heterocycles. The van der Waals surface area contributed by atoms with Gasteiger partial charge in [-0.3, -0.25) is 14.9 Å². The van der Waals surface area contributed by atoms with Crippen molar-refractivity contribution in [1.29, 1.82) is 0 Å². The number of nitrogens with zero attached hydrogens (tertiary/aromatic N) is 2. The van der Waals surface area contributed by atoms with Crippen molar-refractivity contribution < 1.29 is 9.72 Å². The van der Waals surface area contributed by atoms with Gasteiger partial charge in [-0.05, 0) is 0 Å². The summed E-state index contributed by atoms with van der Waals surface area (Å²) in [7, 11) is 3.04. The summed E-state index contributed by atoms with van der Waals surface area (Å²) in [6, 6.07) is 2.22. The van der Waals surface area contributed by atoms with Crippen LogP contribution in [0.1, 0.15) is 10.4 Å². The monoisotopic (exact) mass is 262 g/mol. The van der Waals surface area contributed by atoms with Gasteiger partial charge in [0, 0.05) is 26.2 Å². The first-order valence-corrected chi connectivity index (χ1v) is 4.95. The van der Waals surface area contributed by atoms with Crippen LogP contribution < -0.4 is 0 Å². The fourth-order valence-corrected chi connectivity index (χ4v) is 1.48. The molecule has 0 atom stereocenters. The topological polar surface area (TPSA) is 63.5 Å². The lowest BCUT2D eigenvalue weighted by molar-refractivity contribution is -0.384. The van der Waals surface area contributed by atoms with Gasteiger partial charge in [-0.25, -0.2) is 0 Å². The van der Waals surface area contributed by atoms with E-state index in [1.165, 1.54) is 19.0 Å². The van der Waals surface area contributed by atoms with Gasteiger partial charge in [-0.15, -0.1) is 0 Å². The lowest BCUT2D eigenvalue weighted by Crippen LogP contribution is -2.22. The lowest BCUT2D eigenvalue weighted by Gasteiger charge is -2.11. The van der Waals surface area contributed by atoms with E-state index >= 15 is 0 Å². The molecule has 0 aliphatic rings. The Morgan fingerprint density at radius 1 is 1.38 bits per heavy atom. The van der Waals surface area contributed by atoms with Crippen molar-refractivity contribution in [3.05, 3.63) is 37.9 Å². The quantitative estimate of drug-likeness (QED) is 0.608. The second kappa shape index (κ2) is 4.67. The zero-order valence-electron chi connectivity index (χ0n) is 8.53. The maximum absolute atomic E-state index is 11.7. The number of carbonyl (C=O) groups is 1. The van der Waals surface area contributed by atoms with E-state index in [0.29, 0.717) is 0 Å². The molecule has 0 aromatic heterocycles. The normalized spacial score (nSPS) is 10.0. The minimum absolute atomic E-state index is 0.0129. The third-order valence-electron chi connectivity index (χ3n) is 1.86. The highest BCUT2D eigenvalue weighted by Gasteiger charge is 2.20. The van der Waals surface area contributed by atoms with Crippen molar-refractivity contribution in [3.63, 3.8) is 0 Å². The molecule has 0 heterocycles. The number of nitro groups is 1. The van der Waals surface area contributed by atoms with Crippen LogP contribution in [0.25, 0.3) is 0 Å². The van der Waals surface area contributed by atoms with Crippen LogP contribution in [0.3, 0.4) is 0 Å². The van der Waals surface area contributed by atoms with Crippen molar-refractivity contribution in [2.45, 2.75) is 0 Å².